The predicted octanol–water partition coefficient (Wildman–Crippen LogP) is 9.05. The molecule has 0 amide bonds. The summed E-state index contributed by atoms with van der Waals surface area (Å²) in [4.78, 5) is -0.893. The van der Waals surface area contributed by atoms with Gasteiger partial charge in [-0.1, -0.05) is 82.8 Å². The summed E-state index contributed by atoms with van der Waals surface area (Å²) in [5.74, 6) is -1.23. The number of phenolic OH excluding ortho intramolecular Hbond substituents is 2. The average Bonchev–Trinajstić information content (AvgIpc) is 3.05. The zero-order valence-electron chi connectivity index (χ0n) is 25.2. The summed E-state index contributed by atoms with van der Waals surface area (Å²) >= 11 is 24.1. The van der Waals surface area contributed by atoms with Crippen molar-refractivity contribution in [1.82, 2.24) is 4.31 Å². The van der Waals surface area contributed by atoms with Crippen LogP contribution in [0.4, 0.5) is 4.39 Å². The Labute approximate surface area is 302 Å². The zero-order valence-corrected chi connectivity index (χ0v) is 29.8. The third-order valence-corrected chi connectivity index (χ3v) is 11.8. The molecule has 2 N–H and O–H groups in total. The number of sulfone groups is 1. The van der Waals surface area contributed by atoms with E-state index in [-0.39, 0.29) is 39.6 Å². The molecule has 0 aliphatic rings. The van der Waals surface area contributed by atoms with E-state index in [0.717, 1.165) is 16.4 Å². The van der Waals surface area contributed by atoms with Gasteiger partial charge in [0.1, 0.15) is 27.1 Å². The summed E-state index contributed by atoms with van der Waals surface area (Å²) < 4.78 is 74.4. The van der Waals surface area contributed by atoms with E-state index >= 15 is 0 Å². The van der Waals surface area contributed by atoms with E-state index in [4.69, 9.17) is 51.1 Å². The lowest BCUT2D eigenvalue weighted by Crippen LogP contribution is -2.30. The van der Waals surface area contributed by atoms with Crippen LogP contribution in [0, 0.1) is 5.82 Å². The minimum atomic E-state index is -4.43. The molecule has 49 heavy (non-hydrogen) atoms. The Bertz CT molecular complexity index is 2220. The molecule has 0 aromatic heterocycles. The number of aromatic hydroxyl groups is 2. The van der Waals surface area contributed by atoms with Crippen molar-refractivity contribution in [3.63, 3.8) is 0 Å². The molecule has 0 heterocycles. The number of benzene rings is 5. The number of sulfonamides is 1. The Kier molecular flexibility index (Phi) is 11.3. The summed E-state index contributed by atoms with van der Waals surface area (Å²) in [6.07, 6.45) is 0.0205. The molecule has 5 aromatic carbocycles. The molecule has 0 aliphatic carbocycles. The maximum absolute atomic E-state index is 14.1. The van der Waals surface area contributed by atoms with Gasteiger partial charge in [-0.25, -0.2) is 21.2 Å². The first-order chi connectivity index (χ1) is 23.1. The van der Waals surface area contributed by atoms with Crippen LogP contribution in [0.15, 0.2) is 107 Å². The van der Waals surface area contributed by atoms with Gasteiger partial charge in [0.2, 0.25) is 10.0 Å². The Morgan fingerprint density at radius 1 is 0.633 bits per heavy atom. The second kappa shape index (κ2) is 15.1. The number of halogens is 5. The second-order valence-corrected chi connectivity index (χ2v) is 16.5. The average molecular weight is 786 g/mol. The molecular weight excluding hydrogens is 759 g/mol. The van der Waals surface area contributed by atoms with Crippen LogP contribution < -0.4 is 4.74 Å². The summed E-state index contributed by atoms with van der Waals surface area (Å²) in [6, 6.07) is 23.4. The molecule has 5 aromatic rings. The number of aryl methyl sites for hydroxylation is 1. The summed E-state index contributed by atoms with van der Waals surface area (Å²) in [5.41, 5.74) is 1.64. The van der Waals surface area contributed by atoms with E-state index in [1.165, 1.54) is 36.4 Å². The lowest BCUT2D eigenvalue weighted by molar-refractivity contribution is 0.394. The second-order valence-electron chi connectivity index (χ2n) is 10.8. The number of ether oxygens (including phenoxy) is 1. The van der Waals surface area contributed by atoms with Crippen LogP contribution in [-0.2, 0) is 39.4 Å². The van der Waals surface area contributed by atoms with Gasteiger partial charge in [0.25, 0.3) is 0 Å². The van der Waals surface area contributed by atoms with Crippen molar-refractivity contribution in [2.24, 2.45) is 0 Å². The van der Waals surface area contributed by atoms with Crippen LogP contribution in [0.2, 0.25) is 20.1 Å². The molecule has 0 saturated heterocycles. The van der Waals surface area contributed by atoms with Crippen LogP contribution in [-0.4, -0.2) is 37.1 Å². The molecule has 0 saturated carbocycles. The largest absolute Gasteiger partial charge is 0.505 e. The van der Waals surface area contributed by atoms with Gasteiger partial charge >= 0.3 is 0 Å². The summed E-state index contributed by atoms with van der Waals surface area (Å²) in [5, 5.41) is 20.5. The number of hydrogen-bond donors (Lipinski definition) is 2. The lowest BCUT2D eigenvalue weighted by Gasteiger charge is -2.24. The normalized spacial score (nSPS) is 12.0. The highest BCUT2D eigenvalue weighted by Gasteiger charge is 2.30. The predicted molar refractivity (Wildman–Crippen MR) is 188 cm³/mol. The molecule has 256 valence electrons. The minimum absolute atomic E-state index is 0.00106. The third-order valence-electron chi connectivity index (χ3n) is 7.28. The third kappa shape index (κ3) is 8.98. The molecular formula is C34H26Cl4FNO7S2. The maximum atomic E-state index is 14.1. The maximum Gasteiger partial charge on any atom is 0.247 e. The smallest absolute Gasteiger partial charge is 0.247 e. The van der Waals surface area contributed by atoms with Gasteiger partial charge in [-0.15, -0.1) is 0 Å². The van der Waals surface area contributed by atoms with Crippen LogP contribution in [0.25, 0.3) is 0 Å². The number of nitrogens with zero attached hydrogens (tertiary/aromatic N) is 1. The first-order valence-corrected chi connectivity index (χ1v) is 18.9. The van der Waals surface area contributed by atoms with Crippen molar-refractivity contribution >= 4 is 66.3 Å². The highest BCUT2D eigenvalue weighted by Crippen LogP contribution is 2.37. The first-order valence-electron chi connectivity index (χ1n) is 14.3. The fourth-order valence-electron chi connectivity index (χ4n) is 4.84. The van der Waals surface area contributed by atoms with Gasteiger partial charge < -0.3 is 14.9 Å². The highest BCUT2D eigenvalue weighted by atomic mass is 35.5. The van der Waals surface area contributed by atoms with E-state index < -0.39 is 52.7 Å². The first kappa shape index (κ1) is 36.7. The van der Waals surface area contributed by atoms with Crippen molar-refractivity contribution in [2.75, 3.05) is 5.75 Å². The number of rotatable bonds is 12. The molecule has 0 spiro atoms. The van der Waals surface area contributed by atoms with E-state index in [1.54, 1.807) is 48.5 Å². The Morgan fingerprint density at radius 3 is 1.76 bits per heavy atom. The van der Waals surface area contributed by atoms with Gasteiger partial charge in [0.15, 0.2) is 21.3 Å². The van der Waals surface area contributed by atoms with E-state index in [2.05, 4.69) is 0 Å². The molecule has 0 fully saturated rings. The number of phenols is 2. The lowest BCUT2D eigenvalue weighted by atomic mass is 10.1. The van der Waals surface area contributed by atoms with E-state index in [1.807, 2.05) is 0 Å². The van der Waals surface area contributed by atoms with Gasteiger partial charge in [0.05, 0.1) is 15.8 Å². The molecule has 15 heteroatoms. The molecule has 0 aliphatic heterocycles. The summed E-state index contributed by atoms with van der Waals surface area (Å²) in [7, 11) is -8.45. The van der Waals surface area contributed by atoms with Crippen LogP contribution in [0.1, 0.15) is 16.7 Å². The van der Waals surface area contributed by atoms with Crippen LogP contribution in [0.5, 0.6) is 23.0 Å². The fraction of sp³-hybridized carbons (Fsp3) is 0.118. The highest BCUT2D eigenvalue weighted by molar-refractivity contribution is 7.91. The van der Waals surface area contributed by atoms with Gasteiger partial charge in [-0.05, 0) is 83.8 Å². The Balaban J connectivity index is 1.41. The quantitative estimate of drug-likeness (QED) is 0.130. The number of hydrogen-bond acceptors (Lipinski definition) is 7. The Hall–Kier alpha value is -3.55. The molecule has 0 radical (unpaired) electrons. The monoisotopic (exact) mass is 783 g/mol. The van der Waals surface area contributed by atoms with Gasteiger partial charge in [0, 0.05) is 23.1 Å². The molecule has 0 unspecified atom stereocenters. The van der Waals surface area contributed by atoms with Gasteiger partial charge in [-0.3, -0.25) is 0 Å². The van der Waals surface area contributed by atoms with E-state index in [9.17, 15) is 31.4 Å². The molecule has 0 bridgehead atoms. The standard InChI is InChI=1S/C34H26Cl4FNO7S2/c35-24-15-29(37)33(41)31(17-24)48(43,44)13-12-21-2-1-3-23(14-21)20-40(49(45,46)32-18-25(36)16-30(38)34(32)42)19-22-4-8-27(9-5-22)47-28-10-6-26(39)7-11-28/h1-11,14-18,41-42H,12-13,19-20H2. The van der Waals surface area contributed by atoms with E-state index in [0.29, 0.717) is 28.2 Å². The van der Waals surface area contributed by atoms with Crippen molar-refractivity contribution in [1.29, 1.82) is 0 Å². The van der Waals surface area contributed by atoms with Crippen molar-refractivity contribution in [3.05, 3.63) is 140 Å². The van der Waals surface area contributed by atoms with Crippen LogP contribution >= 0.6 is 46.4 Å². The van der Waals surface area contributed by atoms with Crippen LogP contribution in [0.3, 0.4) is 0 Å². The minimum Gasteiger partial charge on any atom is -0.505 e. The fourth-order valence-corrected chi connectivity index (χ4v) is 9.05. The van der Waals surface area contributed by atoms with Crippen molar-refractivity contribution in [3.8, 4) is 23.0 Å². The summed E-state index contributed by atoms with van der Waals surface area (Å²) in [6.45, 7) is -0.346. The van der Waals surface area contributed by atoms with Gasteiger partial charge in [-0.2, -0.15) is 4.31 Å². The van der Waals surface area contributed by atoms with Crippen molar-refractivity contribution in [2.45, 2.75) is 29.3 Å². The molecule has 8 nitrogen and oxygen atoms in total. The zero-order chi connectivity index (χ0) is 35.5. The molecule has 5 rings (SSSR count). The topological polar surface area (TPSA) is 121 Å². The van der Waals surface area contributed by atoms with Crippen molar-refractivity contribution < 1.29 is 36.2 Å². The SMILES string of the molecule is O=S(=O)(CCc1cccc(CN(Cc2ccc(Oc3ccc(F)cc3)cc2)S(=O)(=O)c2cc(Cl)cc(Cl)c2O)c1)c1cc(Cl)cc(Cl)c1O. The molecule has 0 atom stereocenters. The Morgan fingerprint density at radius 2 is 1.14 bits per heavy atom.